The maximum atomic E-state index is 12.0. The molecule has 0 aliphatic carbocycles. The molecule has 92 valence electrons. The minimum Gasteiger partial charge on any atom is -0.398 e. The lowest BCUT2D eigenvalue weighted by molar-refractivity contribution is 0.102. The van der Waals surface area contributed by atoms with E-state index in [9.17, 15) is 4.79 Å². The Kier molecular flexibility index (Phi) is 3.28. The fraction of sp³-hybridized carbons (Fsp3) is 0.143. The van der Waals surface area contributed by atoms with Crippen LogP contribution in [0.25, 0.3) is 0 Å². The molecule has 0 bridgehead atoms. The van der Waals surface area contributed by atoms with Crippen molar-refractivity contribution in [1.29, 1.82) is 0 Å². The van der Waals surface area contributed by atoms with Gasteiger partial charge in [-0.15, -0.1) is 0 Å². The molecule has 1 aromatic carbocycles. The van der Waals surface area contributed by atoms with E-state index in [2.05, 4.69) is 10.3 Å². The third-order valence-corrected chi connectivity index (χ3v) is 2.74. The number of nitrogens with two attached hydrogens (primary N) is 1. The predicted octanol–water partition coefficient (Wildman–Crippen LogP) is 2.53. The number of nitrogens with one attached hydrogen (secondary N) is 1. The second-order valence-electron chi connectivity index (χ2n) is 4.14. The van der Waals surface area contributed by atoms with E-state index in [-0.39, 0.29) is 5.91 Å². The zero-order valence-corrected chi connectivity index (χ0v) is 10.4. The molecule has 0 saturated carbocycles. The first-order chi connectivity index (χ1) is 8.58. The summed E-state index contributed by atoms with van der Waals surface area (Å²) in [5.74, 6) is -0.229. The second kappa shape index (κ2) is 4.87. The molecule has 0 atom stereocenters. The van der Waals surface area contributed by atoms with Crippen LogP contribution in [0.2, 0.25) is 0 Å². The van der Waals surface area contributed by atoms with Gasteiger partial charge in [0.25, 0.3) is 5.91 Å². The smallest absolute Gasteiger partial charge is 0.274 e. The number of anilines is 2. The molecule has 0 aliphatic heterocycles. The number of benzene rings is 1. The van der Waals surface area contributed by atoms with Crippen LogP contribution in [0.15, 0.2) is 36.4 Å². The van der Waals surface area contributed by atoms with E-state index in [1.165, 1.54) is 0 Å². The average Bonchev–Trinajstić information content (AvgIpc) is 2.35. The number of aryl methyl sites for hydroxylation is 1. The Morgan fingerprint density at radius 1 is 1.17 bits per heavy atom. The minimum atomic E-state index is -0.229. The average molecular weight is 241 g/mol. The summed E-state index contributed by atoms with van der Waals surface area (Å²) < 4.78 is 0. The van der Waals surface area contributed by atoms with Crippen LogP contribution in [0.4, 0.5) is 11.4 Å². The third-order valence-electron chi connectivity index (χ3n) is 2.74. The van der Waals surface area contributed by atoms with Crippen molar-refractivity contribution in [2.24, 2.45) is 0 Å². The fourth-order valence-corrected chi connectivity index (χ4v) is 1.64. The summed E-state index contributed by atoms with van der Waals surface area (Å²) in [5.41, 5.74) is 9.23. The van der Waals surface area contributed by atoms with E-state index in [0.29, 0.717) is 17.1 Å². The Balaban J connectivity index is 2.24. The van der Waals surface area contributed by atoms with Crippen LogP contribution >= 0.6 is 0 Å². The Labute approximate surface area is 106 Å². The lowest BCUT2D eigenvalue weighted by Gasteiger charge is -2.09. The Morgan fingerprint density at radius 3 is 2.61 bits per heavy atom. The van der Waals surface area contributed by atoms with Crippen LogP contribution in [0.5, 0.6) is 0 Å². The monoisotopic (exact) mass is 241 g/mol. The van der Waals surface area contributed by atoms with Gasteiger partial charge in [-0.2, -0.15) is 0 Å². The van der Waals surface area contributed by atoms with Crippen LogP contribution in [-0.4, -0.2) is 10.9 Å². The minimum absolute atomic E-state index is 0.229. The molecule has 2 rings (SSSR count). The molecule has 1 heterocycles. The van der Waals surface area contributed by atoms with Gasteiger partial charge in [-0.1, -0.05) is 12.1 Å². The topological polar surface area (TPSA) is 68.0 Å². The van der Waals surface area contributed by atoms with Crippen molar-refractivity contribution in [2.45, 2.75) is 13.8 Å². The summed E-state index contributed by atoms with van der Waals surface area (Å²) in [6.45, 7) is 3.72. The number of carbonyl (C=O) groups is 1. The first-order valence-corrected chi connectivity index (χ1v) is 5.68. The molecule has 2 aromatic rings. The molecule has 0 aliphatic rings. The molecule has 1 amide bonds. The van der Waals surface area contributed by atoms with Gasteiger partial charge in [-0.3, -0.25) is 4.79 Å². The van der Waals surface area contributed by atoms with Crippen molar-refractivity contribution in [3.63, 3.8) is 0 Å². The lowest BCUT2D eigenvalue weighted by Crippen LogP contribution is -2.15. The maximum Gasteiger partial charge on any atom is 0.274 e. The number of carbonyl (C=O) groups excluding carboxylic acids is 1. The van der Waals surface area contributed by atoms with E-state index in [0.717, 1.165) is 11.3 Å². The molecule has 4 heteroatoms. The number of rotatable bonds is 2. The highest BCUT2D eigenvalue weighted by atomic mass is 16.1. The van der Waals surface area contributed by atoms with Gasteiger partial charge in [0.15, 0.2) is 0 Å². The van der Waals surface area contributed by atoms with Crippen LogP contribution in [0.1, 0.15) is 21.7 Å². The molecule has 0 saturated heterocycles. The molecule has 4 nitrogen and oxygen atoms in total. The van der Waals surface area contributed by atoms with Crippen molar-refractivity contribution in [3.8, 4) is 0 Å². The van der Waals surface area contributed by atoms with Crippen molar-refractivity contribution < 1.29 is 4.79 Å². The van der Waals surface area contributed by atoms with Crippen LogP contribution in [0, 0.1) is 13.8 Å². The van der Waals surface area contributed by atoms with E-state index < -0.39 is 0 Å². The fourth-order valence-electron chi connectivity index (χ4n) is 1.64. The summed E-state index contributed by atoms with van der Waals surface area (Å²) in [7, 11) is 0. The van der Waals surface area contributed by atoms with Crippen molar-refractivity contribution in [3.05, 3.63) is 53.3 Å². The summed E-state index contributed by atoms with van der Waals surface area (Å²) in [6.07, 6.45) is 0. The standard InChI is InChI=1S/C14H15N3O/c1-9-5-3-8-13(16-9)14(18)17-12-7-4-6-11(15)10(12)2/h3-8H,15H2,1-2H3,(H,17,18). The highest BCUT2D eigenvalue weighted by Gasteiger charge is 2.09. The molecule has 0 unspecified atom stereocenters. The van der Waals surface area contributed by atoms with Crippen molar-refractivity contribution in [2.75, 3.05) is 11.1 Å². The highest BCUT2D eigenvalue weighted by molar-refractivity contribution is 6.03. The van der Waals surface area contributed by atoms with Gasteiger partial charge < -0.3 is 11.1 Å². The summed E-state index contributed by atoms with van der Waals surface area (Å²) in [4.78, 5) is 16.2. The molecule has 0 fully saturated rings. The Bertz CT molecular complexity index is 593. The highest BCUT2D eigenvalue weighted by Crippen LogP contribution is 2.20. The zero-order valence-electron chi connectivity index (χ0n) is 10.4. The number of nitrogens with zero attached hydrogens (tertiary/aromatic N) is 1. The number of pyridine rings is 1. The third kappa shape index (κ3) is 2.48. The van der Waals surface area contributed by atoms with Gasteiger partial charge in [0.1, 0.15) is 5.69 Å². The van der Waals surface area contributed by atoms with Gasteiger partial charge in [0, 0.05) is 17.1 Å². The molecular weight excluding hydrogens is 226 g/mol. The number of hydrogen-bond acceptors (Lipinski definition) is 3. The zero-order chi connectivity index (χ0) is 13.1. The van der Waals surface area contributed by atoms with E-state index in [4.69, 9.17) is 5.73 Å². The van der Waals surface area contributed by atoms with E-state index in [1.54, 1.807) is 12.1 Å². The molecular formula is C14H15N3O. The number of aromatic nitrogens is 1. The number of hydrogen-bond donors (Lipinski definition) is 2. The molecule has 3 N–H and O–H groups in total. The number of nitrogen functional groups attached to an aromatic ring is 1. The van der Waals surface area contributed by atoms with Gasteiger partial charge in [-0.05, 0) is 43.7 Å². The largest absolute Gasteiger partial charge is 0.398 e. The summed E-state index contributed by atoms with van der Waals surface area (Å²) in [6, 6.07) is 10.8. The molecule has 0 spiro atoms. The predicted molar refractivity (Wildman–Crippen MR) is 72.5 cm³/mol. The SMILES string of the molecule is Cc1cccc(C(=O)Nc2cccc(N)c2C)n1. The Morgan fingerprint density at radius 2 is 1.89 bits per heavy atom. The van der Waals surface area contributed by atoms with Gasteiger partial charge in [-0.25, -0.2) is 4.98 Å². The van der Waals surface area contributed by atoms with E-state index >= 15 is 0 Å². The van der Waals surface area contributed by atoms with Crippen LogP contribution < -0.4 is 11.1 Å². The summed E-state index contributed by atoms with van der Waals surface area (Å²) >= 11 is 0. The summed E-state index contributed by atoms with van der Waals surface area (Å²) in [5, 5.41) is 2.81. The molecule has 0 radical (unpaired) electrons. The van der Waals surface area contributed by atoms with Crippen molar-refractivity contribution >= 4 is 17.3 Å². The molecule has 1 aromatic heterocycles. The van der Waals surface area contributed by atoms with E-state index in [1.807, 2.05) is 38.1 Å². The van der Waals surface area contributed by atoms with Gasteiger partial charge in [0.05, 0.1) is 0 Å². The second-order valence-corrected chi connectivity index (χ2v) is 4.14. The van der Waals surface area contributed by atoms with Crippen LogP contribution in [0.3, 0.4) is 0 Å². The first kappa shape index (κ1) is 12.1. The number of amides is 1. The van der Waals surface area contributed by atoms with Crippen molar-refractivity contribution in [1.82, 2.24) is 4.98 Å². The quantitative estimate of drug-likeness (QED) is 0.794. The maximum absolute atomic E-state index is 12.0. The van der Waals surface area contributed by atoms with Gasteiger partial charge >= 0.3 is 0 Å². The Hall–Kier alpha value is -2.36. The van der Waals surface area contributed by atoms with Crippen LogP contribution in [-0.2, 0) is 0 Å². The first-order valence-electron chi connectivity index (χ1n) is 5.68. The van der Waals surface area contributed by atoms with Gasteiger partial charge in [0.2, 0.25) is 0 Å². The normalized spacial score (nSPS) is 10.1. The lowest BCUT2D eigenvalue weighted by atomic mass is 10.1. The molecule has 18 heavy (non-hydrogen) atoms.